The van der Waals surface area contributed by atoms with E-state index < -0.39 is 0 Å². The first-order valence-electron chi connectivity index (χ1n) is 4.71. The fourth-order valence-electron chi connectivity index (χ4n) is 1.42. The van der Waals surface area contributed by atoms with Crippen LogP contribution in [-0.2, 0) is 6.42 Å². The summed E-state index contributed by atoms with van der Waals surface area (Å²) >= 11 is 0. The second kappa shape index (κ2) is 3.73. The van der Waals surface area contributed by atoms with Gasteiger partial charge in [-0.1, -0.05) is 12.1 Å². The molecule has 2 rings (SSSR count). The van der Waals surface area contributed by atoms with Gasteiger partial charge in [-0.15, -0.1) is 0 Å². The molecule has 78 valence electrons. The topological polar surface area (TPSA) is 52.0 Å². The number of aryl methyl sites for hydroxylation is 1. The number of anilines is 1. The van der Waals surface area contributed by atoms with Gasteiger partial charge in [-0.2, -0.15) is 0 Å². The number of benzene rings is 1. The smallest absolute Gasteiger partial charge is 0.169 e. The second-order valence-electron chi connectivity index (χ2n) is 3.28. The third-order valence-electron chi connectivity index (χ3n) is 2.24. The lowest BCUT2D eigenvalue weighted by Gasteiger charge is -2.01. The van der Waals surface area contributed by atoms with E-state index in [1.165, 1.54) is 6.07 Å². The van der Waals surface area contributed by atoms with Crippen LogP contribution >= 0.6 is 0 Å². The second-order valence-corrected chi connectivity index (χ2v) is 3.28. The van der Waals surface area contributed by atoms with Crippen LogP contribution in [0.5, 0.6) is 0 Å². The highest BCUT2D eigenvalue weighted by Gasteiger charge is 2.07. The van der Waals surface area contributed by atoms with Crippen LogP contribution in [0, 0.1) is 5.82 Å². The van der Waals surface area contributed by atoms with Crippen molar-refractivity contribution in [1.29, 1.82) is 0 Å². The first kappa shape index (κ1) is 9.71. The summed E-state index contributed by atoms with van der Waals surface area (Å²) in [6.45, 7) is 1.90. The zero-order chi connectivity index (χ0) is 10.8. The van der Waals surface area contributed by atoms with Gasteiger partial charge in [0, 0.05) is 11.6 Å². The first-order valence-corrected chi connectivity index (χ1v) is 4.71. The molecular weight excluding hydrogens is 195 g/mol. The molecule has 0 spiro atoms. The molecule has 0 radical (unpaired) electrons. The number of nitrogens with zero attached hydrogens (tertiary/aromatic N) is 1. The van der Waals surface area contributed by atoms with Crippen molar-refractivity contribution in [2.75, 3.05) is 5.73 Å². The van der Waals surface area contributed by atoms with Gasteiger partial charge < -0.3 is 10.3 Å². The highest BCUT2D eigenvalue weighted by Crippen LogP contribution is 2.23. The molecule has 1 aromatic carbocycles. The molecular formula is C11H11FN2O. The molecule has 1 aromatic heterocycles. The van der Waals surface area contributed by atoms with E-state index in [0.29, 0.717) is 23.6 Å². The molecule has 0 bridgehead atoms. The van der Waals surface area contributed by atoms with Crippen molar-refractivity contribution in [1.82, 2.24) is 5.16 Å². The molecule has 1 heterocycles. The van der Waals surface area contributed by atoms with Crippen LogP contribution < -0.4 is 5.73 Å². The number of rotatable bonds is 2. The Labute approximate surface area is 86.7 Å². The highest BCUT2D eigenvalue weighted by molar-refractivity contribution is 5.60. The third kappa shape index (κ3) is 1.83. The maximum absolute atomic E-state index is 13.2. The Hall–Kier alpha value is -1.84. The summed E-state index contributed by atoms with van der Waals surface area (Å²) in [5.74, 6) is 0.684. The molecule has 2 N–H and O–H groups in total. The van der Waals surface area contributed by atoms with Gasteiger partial charge in [-0.05, 0) is 30.2 Å². The average Bonchev–Trinajstić information content (AvgIpc) is 2.66. The van der Waals surface area contributed by atoms with E-state index in [1.54, 1.807) is 18.2 Å². The van der Waals surface area contributed by atoms with E-state index in [2.05, 4.69) is 5.16 Å². The third-order valence-corrected chi connectivity index (χ3v) is 2.24. The summed E-state index contributed by atoms with van der Waals surface area (Å²) in [6, 6.07) is 6.43. The lowest BCUT2D eigenvalue weighted by Crippen LogP contribution is -1.88. The lowest BCUT2D eigenvalue weighted by atomic mass is 10.1. The van der Waals surface area contributed by atoms with Crippen LogP contribution in [0.25, 0.3) is 11.3 Å². The van der Waals surface area contributed by atoms with Crippen molar-refractivity contribution < 1.29 is 8.91 Å². The number of hydrogen-bond donors (Lipinski definition) is 1. The van der Waals surface area contributed by atoms with Crippen molar-refractivity contribution in [2.45, 2.75) is 13.3 Å². The predicted octanol–water partition coefficient (Wildman–Crippen LogP) is 2.63. The fraction of sp³-hybridized carbons (Fsp3) is 0.182. The van der Waals surface area contributed by atoms with E-state index in [4.69, 9.17) is 10.3 Å². The Morgan fingerprint density at radius 2 is 2.20 bits per heavy atom. The number of halogens is 1. The number of hydrogen-bond acceptors (Lipinski definition) is 3. The van der Waals surface area contributed by atoms with Gasteiger partial charge in [0.2, 0.25) is 0 Å². The maximum Gasteiger partial charge on any atom is 0.169 e. The van der Waals surface area contributed by atoms with Crippen molar-refractivity contribution in [3.05, 3.63) is 35.6 Å². The molecule has 0 aliphatic carbocycles. The van der Waals surface area contributed by atoms with E-state index in [0.717, 1.165) is 5.56 Å². The van der Waals surface area contributed by atoms with Crippen LogP contribution in [-0.4, -0.2) is 5.16 Å². The van der Waals surface area contributed by atoms with Crippen LogP contribution in [0.3, 0.4) is 0 Å². The maximum atomic E-state index is 13.2. The molecule has 0 aliphatic heterocycles. The molecule has 2 aromatic rings. The van der Waals surface area contributed by atoms with Crippen molar-refractivity contribution >= 4 is 5.82 Å². The minimum Gasteiger partial charge on any atom is -0.381 e. The lowest BCUT2D eigenvalue weighted by molar-refractivity contribution is 0.435. The molecule has 0 saturated carbocycles. The highest BCUT2D eigenvalue weighted by atomic mass is 19.1. The van der Waals surface area contributed by atoms with E-state index in [9.17, 15) is 4.39 Å². The predicted molar refractivity (Wildman–Crippen MR) is 55.7 cm³/mol. The first-order chi connectivity index (χ1) is 7.20. The minimum absolute atomic E-state index is 0.200. The van der Waals surface area contributed by atoms with Gasteiger partial charge in [0.05, 0.1) is 0 Å². The monoisotopic (exact) mass is 206 g/mol. The zero-order valence-electron chi connectivity index (χ0n) is 8.33. The number of aromatic nitrogens is 1. The van der Waals surface area contributed by atoms with E-state index in [1.807, 2.05) is 6.92 Å². The quantitative estimate of drug-likeness (QED) is 0.821. The molecule has 0 fully saturated rings. The average molecular weight is 206 g/mol. The van der Waals surface area contributed by atoms with E-state index in [-0.39, 0.29) is 5.82 Å². The summed E-state index contributed by atoms with van der Waals surface area (Å²) in [5.41, 5.74) is 6.88. The Kier molecular flexibility index (Phi) is 2.41. The van der Waals surface area contributed by atoms with Crippen LogP contribution in [0.15, 0.2) is 28.8 Å². The Morgan fingerprint density at radius 3 is 2.80 bits per heavy atom. The zero-order valence-corrected chi connectivity index (χ0v) is 8.33. The number of nitrogens with two attached hydrogens (primary N) is 1. The summed E-state index contributed by atoms with van der Waals surface area (Å²) in [4.78, 5) is 0. The summed E-state index contributed by atoms with van der Waals surface area (Å²) in [5, 5.41) is 3.58. The van der Waals surface area contributed by atoms with Crippen LogP contribution in [0.2, 0.25) is 0 Å². The van der Waals surface area contributed by atoms with Crippen molar-refractivity contribution in [2.24, 2.45) is 0 Å². The number of nitrogen functional groups attached to an aromatic ring is 1. The SMILES string of the molecule is CCc1cc(-c2cc(N)no2)ccc1F. The van der Waals surface area contributed by atoms with Gasteiger partial charge in [0.15, 0.2) is 11.6 Å². The molecule has 4 heteroatoms. The molecule has 0 aliphatic rings. The van der Waals surface area contributed by atoms with Crippen molar-refractivity contribution in [3.63, 3.8) is 0 Å². The molecule has 0 unspecified atom stereocenters. The van der Waals surface area contributed by atoms with E-state index >= 15 is 0 Å². The largest absolute Gasteiger partial charge is 0.381 e. The molecule has 3 nitrogen and oxygen atoms in total. The molecule has 15 heavy (non-hydrogen) atoms. The van der Waals surface area contributed by atoms with Gasteiger partial charge in [0.25, 0.3) is 0 Å². The standard InChI is InChI=1S/C11H11FN2O/c1-2-7-5-8(3-4-9(7)12)10-6-11(13)14-15-10/h3-6H,2H2,1H3,(H2,13,14). The van der Waals surface area contributed by atoms with Gasteiger partial charge in [0.1, 0.15) is 5.82 Å². The minimum atomic E-state index is -0.200. The Morgan fingerprint density at radius 1 is 1.40 bits per heavy atom. The Bertz CT molecular complexity index is 479. The molecule has 0 saturated heterocycles. The molecule has 0 amide bonds. The normalized spacial score (nSPS) is 10.5. The summed E-state index contributed by atoms with van der Waals surface area (Å²) in [6.07, 6.45) is 0.642. The van der Waals surface area contributed by atoms with Crippen LogP contribution in [0.1, 0.15) is 12.5 Å². The summed E-state index contributed by atoms with van der Waals surface area (Å²) < 4.78 is 18.2. The Balaban J connectivity index is 2.45. The van der Waals surface area contributed by atoms with Gasteiger partial charge in [-0.3, -0.25) is 0 Å². The van der Waals surface area contributed by atoms with Crippen molar-refractivity contribution in [3.8, 4) is 11.3 Å². The van der Waals surface area contributed by atoms with Gasteiger partial charge >= 0.3 is 0 Å². The van der Waals surface area contributed by atoms with Gasteiger partial charge in [-0.25, -0.2) is 4.39 Å². The summed E-state index contributed by atoms with van der Waals surface area (Å²) in [7, 11) is 0. The van der Waals surface area contributed by atoms with Crippen LogP contribution in [0.4, 0.5) is 10.2 Å². The molecule has 0 atom stereocenters. The fourth-order valence-corrected chi connectivity index (χ4v) is 1.42.